The van der Waals surface area contributed by atoms with Gasteiger partial charge in [0.1, 0.15) is 17.8 Å². The van der Waals surface area contributed by atoms with E-state index in [0.717, 1.165) is 16.9 Å². The summed E-state index contributed by atoms with van der Waals surface area (Å²) in [7, 11) is -1.48. The molecule has 1 aliphatic carbocycles. The lowest BCUT2D eigenvalue weighted by atomic mass is 9.85. The molecule has 1 saturated carbocycles. The Labute approximate surface area is 157 Å². The van der Waals surface area contributed by atoms with Gasteiger partial charge in [0, 0.05) is 37.2 Å². The highest BCUT2D eigenvalue weighted by Crippen LogP contribution is 2.34. The lowest BCUT2D eigenvalue weighted by Gasteiger charge is -2.43. The predicted octanol–water partition coefficient (Wildman–Crippen LogP) is 0.775. The van der Waals surface area contributed by atoms with Crippen molar-refractivity contribution in [2.45, 2.75) is 31.3 Å². The SMILES string of the molecule is CN(c1ncnc2[nH]ccc12)C1CC(NS(=O)(=O)CC2(CC#N)COC2)C1. The van der Waals surface area contributed by atoms with Gasteiger partial charge in [-0.15, -0.1) is 0 Å². The molecule has 3 heterocycles. The van der Waals surface area contributed by atoms with Crippen LogP contribution in [0.2, 0.25) is 0 Å². The maximum absolute atomic E-state index is 12.5. The van der Waals surface area contributed by atoms with Crippen LogP contribution in [0.1, 0.15) is 19.3 Å². The summed E-state index contributed by atoms with van der Waals surface area (Å²) in [5.41, 5.74) is 0.232. The van der Waals surface area contributed by atoms with Crippen LogP contribution in [0.3, 0.4) is 0 Å². The number of fused-ring (bicyclic) bond motifs is 1. The zero-order chi connectivity index (χ0) is 19.1. The standard InChI is InChI=1S/C17H22N6O3S/c1-23(16-14-2-5-19-15(14)20-11-21-16)13-6-12(7-13)22-27(24,25)10-17(3-4-18)8-26-9-17/h2,5,11-13,22H,3,6-10H2,1H3,(H,19,20,21). The second-order valence-electron chi connectivity index (χ2n) is 7.57. The van der Waals surface area contributed by atoms with Crippen LogP contribution in [0.4, 0.5) is 5.82 Å². The fraction of sp³-hybridized carbons (Fsp3) is 0.588. The lowest BCUT2D eigenvalue weighted by Crippen LogP contribution is -2.56. The third kappa shape index (κ3) is 3.50. The van der Waals surface area contributed by atoms with Gasteiger partial charge in [-0.2, -0.15) is 5.26 Å². The van der Waals surface area contributed by atoms with Crippen molar-refractivity contribution < 1.29 is 13.2 Å². The minimum atomic E-state index is -3.45. The number of sulfonamides is 1. The van der Waals surface area contributed by atoms with Gasteiger partial charge in [-0.05, 0) is 18.9 Å². The third-order valence-electron chi connectivity index (χ3n) is 5.44. The molecule has 0 aromatic carbocycles. The quantitative estimate of drug-likeness (QED) is 0.716. The Morgan fingerprint density at radius 3 is 2.89 bits per heavy atom. The number of nitrogens with one attached hydrogen (secondary N) is 2. The Morgan fingerprint density at radius 1 is 1.44 bits per heavy atom. The number of ether oxygens (including phenoxy) is 1. The molecule has 4 rings (SSSR count). The number of anilines is 1. The van der Waals surface area contributed by atoms with Crippen LogP contribution in [0.25, 0.3) is 11.0 Å². The van der Waals surface area contributed by atoms with Crippen LogP contribution in [-0.4, -0.2) is 61.5 Å². The molecule has 0 atom stereocenters. The smallest absolute Gasteiger partial charge is 0.212 e. The zero-order valence-electron chi connectivity index (χ0n) is 15.1. The van der Waals surface area contributed by atoms with Crippen LogP contribution in [0.5, 0.6) is 0 Å². The van der Waals surface area contributed by atoms with Gasteiger partial charge < -0.3 is 14.6 Å². The number of hydrogen-bond donors (Lipinski definition) is 2. The Morgan fingerprint density at radius 2 is 2.22 bits per heavy atom. The monoisotopic (exact) mass is 390 g/mol. The second kappa shape index (κ2) is 6.74. The molecule has 0 amide bonds. The van der Waals surface area contributed by atoms with Gasteiger partial charge in [-0.1, -0.05) is 0 Å². The van der Waals surface area contributed by atoms with Crippen molar-refractivity contribution in [1.29, 1.82) is 5.26 Å². The van der Waals surface area contributed by atoms with E-state index in [2.05, 4.69) is 30.6 Å². The van der Waals surface area contributed by atoms with Gasteiger partial charge in [0.15, 0.2) is 0 Å². The number of H-pyrrole nitrogens is 1. The molecule has 9 nitrogen and oxygen atoms in total. The van der Waals surface area contributed by atoms with Gasteiger partial charge in [-0.3, -0.25) is 0 Å². The molecule has 0 spiro atoms. The van der Waals surface area contributed by atoms with E-state index in [-0.39, 0.29) is 24.3 Å². The van der Waals surface area contributed by atoms with Crippen LogP contribution in [0, 0.1) is 16.7 Å². The first kappa shape index (κ1) is 18.2. The van der Waals surface area contributed by atoms with Crippen LogP contribution in [0.15, 0.2) is 18.6 Å². The summed E-state index contributed by atoms with van der Waals surface area (Å²) in [6.07, 6.45) is 4.99. The second-order valence-corrected chi connectivity index (χ2v) is 9.33. The number of nitriles is 1. The summed E-state index contributed by atoms with van der Waals surface area (Å²) in [6.45, 7) is 0.662. The van der Waals surface area contributed by atoms with Crippen molar-refractivity contribution in [3.05, 3.63) is 18.6 Å². The van der Waals surface area contributed by atoms with Crippen LogP contribution >= 0.6 is 0 Å². The number of hydrogen-bond acceptors (Lipinski definition) is 7. The third-order valence-corrected chi connectivity index (χ3v) is 7.13. The van der Waals surface area contributed by atoms with Gasteiger partial charge in [0.2, 0.25) is 10.0 Å². The summed E-state index contributed by atoms with van der Waals surface area (Å²) in [4.78, 5) is 13.7. The Balaban J connectivity index is 1.35. The molecular formula is C17H22N6O3S. The number of aromatic nitrogens is 3. The van der Waals surface area contributed by atoms with E-state index in [1.54, 1.807) is 0 Å². The fourth-order valence-electron chi connectivity index (χ4n) is 3.81. The Bertz CT molecular complexity index is 972. The minimum Gasteiger partial charge on any atom is -0.380 e. The molecule has 0 unspecified atom stereocenters. The molecule has 2 aromatic heterocycles. The average Bonchev–Trinajstić information content (AvgIpc) is 3.04. The normalized spacial score (nSPS) is 24.0. The lowest BCUT2D eigenvalue weighted by molar-refractivity contribution is -0.0957. The molecule has 27 heavy (non-hydrogen) atoms. The maximum atomic E-state index is 12.5. The Kier molecular flexibility index (Phi) is 4.53. The topological polar surface area (TPSA) is 124 Å². The average molecular weight is 390 g/mol. The minimum absolute atomic E-state index is 0.0551. The van der Waals surface area contributed by atoms with E-state index in [1.165, 1.54) is 6.33 Å². The highest BCUT2D eigenvalue weighted by molar-refractivity contribution is 7.89. The fourth-order valence-corrected chi connectivity index (χ4v) is 5.67. The number of nitrogens with zero attached hydrogens (tertiary/aromatic N) is 4. The molecule has 2 aliphatic rings. The van der Waals surface area contributed by atoms with Crippen molar-refractivity contribution in [3.8, 4) is 6.07 Å². The van der Waals surface area contributed by atoms with Crippen LogP contribution < -0.4 is 9.62 Å². The Hall–Kier alpha value is -2.22. The van der Waals surface area contributed by atoms with E-state index in [0.29, 0.717) is 26.1 Å². The van der Waals surface area contributed by atoms with E-state index in [4.69, 9.17) is 10.00 Å². The number of aromatic amines is 1. The molecule has 0 bridgehead atoms. The zero-order valence-corrected chi connectivity index (χ0v) is 15.9. The summed E-state index contributed by atoms with van der Waals surface area (Å²) < 4.78 is 32.9. The van der Waals surface area contributed by atoms with Crippen molar-refractivity contribution in [2.75, 3.05) is 30.9 Å². The molecule has 2 N–H and O–H groups in total. The summed E-state index contributed by atoms with van der Waals surface area (Å²) in [6, 6.07) is 4.14. The van der Waals surface area contributed by atoms with Gasteiger partial charge in [-0.25, -0.2) is 23.1 Å². The highest BCUT2D eigenvalue weighted by Gasteiger charge is 2.44. The van der Waals surface area contributed by atoms with E-state index in [9.17, 15) is 8.42 Å². The largest absolute Gasteiger partial charge is 0.380 e. The van der Waals surface area contributed by atoms with E-state index < -0.39 is 15.4 Å². The first-order valence-corrected chi connectivity index (χ1v) is 10.5. The van der Waals surface area contributed by atoms with Crippen molar-refractivity contribution >= 4 is 26.9 Å². The molecule has 1 aliphatic heterocycles. The first-order chi connectivity index (χ1) is 12.9. The predicted molar refractivity (Wildman–Crippen MR) is 99.5 cm³/mol. The molecule has 144 valence electrons. The molecule has 0 radical (unpaired) electrons. The first-order valence-electron chi connectivity index (χ1n) is 8.87. The number of rotatable bonds is 7. The van der Waals surface area contributed by atoms with Crippen molar-refractivity contribution in [3.63, 3.8) is 0 Å². The van der Waals surface area contributed by atoms with Crippen molar-refractivity contribution in [1.82, 2.24) is 19.7 Å². The molecule has 2 fully saturated rings. The summed E-state index contributed by atoms with van der Waals surface area (Å²) in [5.74, 6) is 0.785. The molecular weight excluding hydrogens is 368 g/mol. The molecule has 10 heteroatoms. The summed E-state index contributed by atoms with van der Waals surface area (Å²) in [5, 5.41) is 9.88. The van der Waals surface area contributed by atoms with Crippen molar-refractivity contribution in [2.24, 2.45) is 5.41 Å². The van der Waals surface area contributed by atoms with Gasteiger partial charge in [0.25, 0.3) is 0 Å². The van der Waals surface area contributed by atoms with E-state index in [1.807, 2.05) is 19.3 Å². The maximum Gasteiger partial charge on any atom is 0.212 e. The molecule has 1 saturated heterocycles. The summed E-state index contributed by atoms with van der Waals surface area (Å²) >= 11 is 0. The van der Waals surface area contributed by atoms with E-state index >= 15 is 0 Å². The highest BCUT2D eigenvalue weighted by atomic mass is 32.2. The van der Waals surface area contributed by atoms with Gasteiger partial charge >= 0.3 is 0 Å². The van der Waals surface area contributed by atoms with Crippen LogP contribution in [-0.2, 0) is 14.8 Å². The van der Waals surface area contributed by atoms with Gasteiger partial charge in [0.05, 0.1) is 30.4 Å². The molecule has 2 aromatic rings.